The lowest BCUT2D eigenvalue weighted by Gasteiger charge is -2.34. The van der Waals surface area contributed by atoms with Crippen LogP contribution in [-0.4, -0.2) is 62.8 Å². The van der Waals surface area contributed by atoms with Gasteiger partial charge in [-0.25, -0.2) is 0 Å². The molecule has 2 aliphatic rings. The van der Waals surface area contributed by atoms with Crippen LogP contribution in [-0.2, 0) is 4.74 Å². The van der Waals surface area contributed by atoms with Gasteiger partial charge in [0.2, 0.25) is 0 Å². The predicted octanol–water partition coefficient (Wildman–Crippen LogP) is 3.79. The second-order valence-electron chi connectivity index (χ2n) is 8.80. The molecule has 1 saturated carbocycles. The second kappa shape index (κ2) is 13.4. The van der Waals surface area contributed by atoms with Crippen molar-refractivity contribution in [2.45, 2.75) is 90.2 Å². The maximum atomic E-state index is 6.08. The van der Waals surface area contributed by atoms with Gasteiger partial charge in [0.05, 0.1) is 6.10 Å². The topological polar surface area (TPSA) is 48.9 Å². The van der Waals surface area contributed by atoms with Crippen molar-refractivity contribution in [3.8, 4) is 0 Å². The molecular formula is C22H44N4O. The predicted molar refractivity (Wildman–Crippen MR) is 115 cm³/mol. The van der Waals surface area contributed by atoms with Gasteiger partial charge in [0, 0.05) is 45.9 Å². The lowest BCUT2D eigenvalue weighted by molar-refractivity contribution is 0.0411. The van der Waals surface area contributed by atoms with Gasteiger partial charge in [-0.2, -0.15) is 0 Å². The molecule has 2 fully saturated rings. The van der Waals surface area contributed by atoms with Crippen LogP contribution >= 0.6 is 0 Å². The molecule has 0 spiro atoms. The molecule has 0 aromatic carbocycles. The highest BCUT2D eigenvalue weighted by Crippen LogP contribution is 2.20. The minimum atomic E-state index is 0.524. The molecule has 1 heterocycles. The molecular weight excluding hydrogens is 336 g/mol. The highest BCUT2D eigenvalue weighted by molar-refractivity contribution is 5.79. The van der Waals surface area contributed by atoms with Crippen LogP contribution < -0.4 is 10.6 Å². The fourth-order valence-electron chi connectivity index (χ4n) is 4.26. The van der Waals surface area contributed by atoms with Gasteiger partial charge >= 0.3 is 0 Å². The van der Waals surface area contributed by atoms with Crippen LogP contribution in [0, 0.1) is 5.92 Å². The van der Waals surface area contributed by atoms with E-state index in [0.717, 1.165) is 37.9 Å². The molecule has 5 nitrogen and oxygen atoms in total. The van der Waals surface area contributed by atoms with Crippen molar-refractivity contribution in [2.24, 2.45) is 10.9 Å². The standard InChI is InChI=1S/C22H44N4O/c1-19(2)18-26-15-12-20(13-16-26)25-22(23-3)24-14-8-9-17-27-21-10-6-4-5-7-11-21/h19-21H,4-18H2,1-3H3,(H2,23,24,25). The summed E-state index contributed by atoms with van der Waals surface area (Å²) in [4.78, 5) is 6.99. The van der Waals surface area contributed by atoms with Crippen LogP contribution in [0.3, 0.4) is 0 Å². The molecule has 0 amide bonds. The molecule has 1 aliphatic carbocycles. The number of piperidine rings is 1. The smallest absolute Gasteiger partial charge is 0.191 e. The summed E-state index contributed by atoms with van der Waals surface area (Å²) in [5.41, 5.74) is 0. The molecule has 0 aromatic heterocycles. The average Bonchev–Trinajstić information content (AvgIpc) is 2.93. The summed E-state index contributed by atoms with van der Waals surface area (Å²) in [5.74, 6) is 1.72. The number of aliphatic imine (C=N–C) groups is 1. The number of hydrogen-bond donors (Lipinski definition) is 2. The van der Waals surface area contributed by atoms with E-state index in [1.54, 1.807) is 0 Å². The van der Waals surface area contributed by atoms with Crippen LogP contribution in [0.2, 0.25) is 0 Å². The first kappa shape index (κ1) is 22.5. The summed E-state index contributed by atoms with van der Waals surface area (Å²) in [6, 6.07) is 0.554. The highest BCUT2D eigenvalue weighted by atomic mass is 16.5. The Hall–Kier alpha value is -0.810. The fourth-order valence-corrected chi connectivity index (χ4v) is 4.26. The van der Waals surface area contributed by atoms with Gasteiger partial charge < -0.3 is 20.3 Å². The lowest BCUT2D eigenvalue weighted by atomic mass is 10.0. The number of rotatable bonds is 9. The maximum absolute atomic E-state index is 6.08. The molecule has 0 radical (unpaired) electrons. The number of ether oxygens (including phenoxy) is 1. The Morgan fingerprint density at radius 2 is 1.74 bits per heavy atom. The van der Waals surface area contributed by atoms with Crippen LogP contribution in [0.15, 0.2) is 4.99 Å². The number of unbranched alkanes of at least 4 members (excludes halogenated alkanes) is 1. The molecule has 0 atom stereocenters. The van der Waals surface area contributed by atoms with E-state index in [0.29, 0.717) is 12.1 Å². The third kappa shape index (κ3) is 9.79. The molecule has 0 bridgehead atoms. The number of guanidine groups is 1. The molecule has 5 heteroatoms. The van der Waals surface area contributed by atoms with E-state index in [9.17, 15) is 0 Å². The Labute approximate surface area is 167 Å². The van der Waals surface area contributed by atoms with E-state index in [4.69, 9.17) is 4.74 Å². The molecule has 158 valence electrons. The first-order valence-corrected chi connectivity index (χ1v) is 11.5. The largest absolute Gasteiger partial charge is 0.378 e. The fraction of sp³-hybridized carbons (Fsp3) is 0.955. The monoisotopic (exact) mass is 380 g/mol. The van der Waals surface area contributed by atoms with Gasteiger partial charge in [-0.15, -0.1) is 0 Å². The summed E-state index contributed by atoms with van der Waals surface area (Å²) in [6.07, 6.45) is 13.3. The highest BCUT2D eigenvalue weighted by Gasteiger charge is 2.20. The molecule has 2 rings (SSSR count). The maximum Gasteiger partial charge on any atom is 0.191 e. The van der Waals surface area contributed by atoms with E-state index in [1.807, 2.05) is 7.05 Å². The van der Waals surface area contributed by atoms with Crippen LogP contribution in [0.4, 0.5) is 0 Å². The van der Waals surface area contributed by atoms with E-state index in [-0.39, 0.29) is 0 Å². The van der Waals surface area contributed by atoms with Crippen molar-refractivity contribution in [2.75, 3.05) is 39.8 Å². The Balaban J connectivity index is 1.50. The van der Waals surface area contributed by atoms with Gasteiger partial charge in [-0.1, -0.05) is 39.5 Å². The van der Waals surface area contributed by atoms with E-state index < -0.39 is 0 Å². The van der Waals surface area contributed by atoms with Crippen molar-refractivity contribution in [1.29, 1.82) is 0 Å². The molecule has 2 N–H and O–H groups in total. The minimum Gasteiger partial charge on any atom is -0.378 e. The first-order valence-electron chi connectivity index (χ1n) is 11.5. The van der Waals surface area contributed by atoms with Gasteiger partial charge in [0.25, 0.3) is 0 Å². The molecule has 0 unspecified atom stereocenters. The molecule has 1 saturated heterocycles. The van der Waals surface area contributed by atoms with Gasteiger partial charge in [-0.3, -0.25) is 4.99 Å². The zero-order chi connectivity index (χ0) is 19.3. The SMILES string of the molecule is CN=C(NCCCCOC1CCCCCC1)NC1CCN(CC(C)C)CC1. The molecule has 1 aliphatic heterocycles. The third-order valence-corrected chi connectivity index (χ3v) is 5.79. The molecule has 27 heavy (non-hydrogen) atoms. The summed E-state index contributed by atoms with van der Waals surface area (Å²) in [7, 11) is 1.87. The van der Waals surface area contributed by atoms with Crippen molar-refractivity contribution < 1.29 is 4.74 Å². The van der Waals surface area contributed by atoms with Gasteiger partial charge in [0.15, 0.2) is 5.96 Å². The van der Waals surface area contributed by atoms with E-state index >= 15 is 0 Å². The van der Waals surface area contributed by atoms with Crippen molar-refractivity contribution in [3.63, 3.8) is 0 Å². The zero-order valence-electron chi connectivity index (χ0n) is 18.1. The third-order valence-electron chi connectivity index (χ3n) is 5.79. The number of hydrogen-bond acceptors (Lipinski definition) is 3. The van der Waals surface area contributed by atoms with Gasteiger partial charge in [0.1, 0.15) is 0 Å². The number of nitrogens with one attached hydrogen (secondary N) is 2. The quantitative estimate of drug-likeness (QED) is 0.276. The minimum absolute atomic E-state index is 0.524. The molecule has 0 aromatic rings. The van der Waals surface area contributed by atoms with Crippen LogP contribution in [0.1, 0.15) is 78.1 Å². The van der Waals surface area contributed by atoms with Gasteiger partial charge in [-0.05, 0) is 44.4 Å². The first-order chi connectivity index (χ1) is 13.2. The lowest BCUT2D eigenvalue weighted by Crippen LogP contribution is -2.49. The van der Waals surface area contributed by atoms with E-state index in [2.05, 4.69) is 34.4 Å². The van der Waals surface area contributed by atoms with Crippen LogP contribution in [0.5, 0.6) is 0 Å². The number of likely N-dealkylation sites (tertiary alicyclic amines) is 1. The second-order valence-corrected chi connectivity index (χ2v) is 8.80. The normalized spacial score (nSPS) is 21.4. The summed E-state index contributed by atoms with van der Waals surface area (Å²) in [5, 5.41) is 7.09. The zero-order valence-corrected chi connectivity index (χ0v) is 18.1. The van der Waals surface area contributed by atoms with Crippen molar-refractivity contribution in [3.05, 3.63) is 0 Å². The Bertz CT molecular complexity index is 397. The van der Waals surface area contributed by atoms with Crippen molar-refractivity contribution in [1.82, 2.24) is 15.5 Å². The Morgan fingerprint density at radius 3 is 2.37 bits per heavy atom. The average molecular weight is 381 g/mol. The Kier molecular flexibility index (Phi) is 11.1. The summed E-state index contributed by atoms with van der Waals surface area (Å²) < 4.78 is 6.08. The number of nitrogens with zero attached hydrogens (tertiary/aromatic N) is 2. The summed E-state index contributed by atoms with van der Waals surface area (Å²) in [6.45, 7) is 10.1. The summed E-state index contributed by atoms with van der Waals surface area (Å²) >= 11 is 0. The van der Waals surface area contributed by atoms with Crippen LogP contribution in [0.25, 0.3) is 0 Å². The van der Waals surface area contributed by atoms with E-state index in [1.165, 1.54) is 71.0 Å². The Morgan fingerprint density at radius 1 is 1.04 bits per heavy atom. The van der Waals surface area contributed by atoms with Crippen molar-refractivity contribution >= 4 is 5.96 Å².